The van der Waals surface area contributed by atoms with E-state index in [4.69, 9.17) is 10.8 Å². The van der Waals surface area contributed by atoms with Gasteiger partial charge in [0, 0.05) is 12.6 Å². The van der Waals surface area contributed by atoms with Crippen LogP contribution in [0.5, 0.6) is 0 Å². The van der Waals surface area contributed by atoms with E-state index in [1.54, 1.807) is 12.1 Å². The van der Waals surface area contributed by atoms with Crippen molar-refractivity contribution in [3.63, 3.8) is 0 Å². The first-order valence-corrected chi connectivity index (χ1v) is 6.07. The average Bonchev–Trinajstić information content (AvgIpc) is 2.48. The van der Waals surface area contributed by atoms with Crippen LogP contribution in [0.4, 0.5) is 15.8 Å². The van der Waals surface area contributed by atoms with Gasteiger partial charge in [0.05, 0.1) is 16.9 Å². The van der Waals surface area contributed by atoms with Crippen molar-refractivity contribution in [1.82, 2.24) is 0 Å². The van der Waals surface area contributed by atoms with E-state index in [1.165, 1.54) is 31.3 Å². The summed E-state index contributed by atoms with van der Waals surface area (Å²) in [6, 6.07) is 9.79. The lowest BCUT2D eigenvalue weighted by Gasteiger charge is -2.19. The predicted molar refractivity (Wildman–Crippen MR) is 76.9 cm³/mol. The molecule has 108 valence electrons. The Morgan fingerprint density at radius 1 is 1.19 bits per heavy atom. The van der Waals surface area contributed by atoms with Crippen LogP contribution in [0.1, 0.15) is 20.7 Å². The van der Waals surface area contributed by atoms with E-state index in [0.29, 0.717) is 0 Å². The molecule has 0 saturated heterocycles. The Labute approximate surface area is 120 Å². The summed E-state index contributed by atoms with van der Waals surface area (Å²) >= 11 is 0. The zero-order chi connectivity index (χ0) is 15.6. The molecule has 0 fully saturated rings. The van der Waals surface area contributed by atoms with Crippen LogP contribution in [-0.2, 0) is 0 Å². The van der Waals surface area contributed by atoms with Crippen molar-refractivity contribution in [2.75, 3.05) is 17.7 Å². The number of para-hydroxylation sites is 1. The fraction of sp³-hybridized carbons (Fsp3) is 0.0667. The highest BCUT2D eigenvalue weighted by atomic mass is 19.1. The van der Waals surface area contributed by atoms with E-state index in [2.05, 4.69) is 0 Å². The van der Waals surface area contributed by atoms with E-state index < -0.39 is 17.7 Å². The molecule has 0 radical (unpaired) electrons. The summed E-state index contributed by atoms with van der Waals surface area (Å²) in [5.74, 6) is -2.36. The van der Waals surface area contributed by atoms with Gasteiger partial charge in [-0.2, -0.15) is 0 Å². The van der Waals surface area contributed by atoms with E-state index in [9.17, 15) is 14.0 Å². The molecule has 3 N–H and O–H groups in total. The highest BCUT2D eigenvalue weighted by molar-refractivity contribution is 6.09. The molecule has 2 aromatic carbocycles. The molecule has 0 heterocycles. The normalized spacial score (nSPS) is 10.2. The number of anilines is 2. The molecule has 0 unspecified atom stereocenters. The van der Waals surface area contributed by atoms with Crippen molar-refractivity contribution in [3.05, 3.63) is 59.4 Å². The Bertz CT molecular complexity index is 716. The van der Waals surface area contributed by atoms with Crippen LogP contribution in [0.3, 0.4) is 0 Å². The van der Waals surface area contributed by atoms with Gasteiger partial charge in [0.25, 0.3) is 5.91 Å². The van der Waals surface area contributed by atoms with Crippen molar-refractivity contribution in [3.8, 4) is 0 Å². The van der Waals surface area contributed by atoms with Crippen LogP contribution < -0.4 is 10.6 Å². The Balaban J connectivity index is 2.40. The minimum absolute atomic E-state index is 0.00994. The number of carboxylic acids is 1. The minimum atomic E-state index is -1.14. The zero-order valence-electron chi connectivity index (χ0n) is 11.2. The van der Waals surface area contributed by atoms with Crippen LogP contribution in [0.15, 0.2) is 42.5 Å². The van der Waals surface area contributed by atoms with Crippen molar-refractivity contribution in [2.45, 2.75) is 0 Å². The third kappa shape index (κ3) is 2.84. The fourth-order valence-electron chi connectivity index (χ4n) is 1.91. The first-order chi connectivity index (χ1) is 9.91. The highest BCUT2D eigenvalue weighted by Crippen LogP contribution is 2.22. The number of hydrogen-bond acceptors (Lipinski definition) is 3. The molecule has 2 rings (SSSR count). The van der Waals surface area contributed by atoms with Gasteiger partial charge in [0.15, 0.2) is 0 Å². The molecule has 1 amide bonds. The standard InChI is InChI=1S/C15H13FN2O3/c1-18(13-5-3-2-4-10(13)15(20)21)14(19)9-6-7-12(17)11(16)8-9/h2-8H,17H2,1H3,(H,20,21). The third-order valence-electron chi connectivity index (χ3n) is 3.05. The Morgan fingerprint density at radius 2 is 1.86 bits per heavy atom. The monoisotopic (exact) mass is 288 g/mol. The number of benzene rings is 2. The van der Waals surface area contributed by atoms with Gasteiger partial charge < -0.3 is 15.7 Å². The second kappa shape index (κ2) is 5.62. The lowest BCUT2D eigenvalue weighted by atomic mass is 10.1. The van der Waals surface area contributed by atoms with Crippen LogP contribution in [-0.4, -0.2) is 24.0 Å². The van der Waals surface area contributed by atoms with Crippen LogP contribution in [0.2, 0.25) is 0 Å². The molecule has 0 aromatic heterocycles. The molecule has 0 saturated carbocycles. The van der Waals surface area contributed by atoms with E-state index in [-0.39, 0.29) is 22.5 Å². The molecule has 2 aromatic rings. The summed E-state index contributed by atoms with van der Waals surface area (Å²) < 4.78 is 13.4. The predicted octanol–water partition coefficient (Wildman–Crippen LogP) is 2.38. The largest absolute Gasteiger partial charge is 0.478 e. The Hall–Kier alpha value is -2.89. The summed E-state index contributed by atoms with van der Waals surface area (Å²) in [7, 11) is 1.43. The quantitative estimate of drug-likeness (QED) is 0.849. The number of aromatic carboxylic acids is 1. The number of rotatable bonds is 3. The van der Waals surface area contributed by atoms with Crippen LogP contribution in [0, 0.1) is 5.82 Å². The lowest BCUT2D eigenvalue weighted by molar-refractivity contribution is 0.0697. The van der Waals surface area contributed by atoms with Gasteiger partial charge in [0.1, 0.15) is 5.82 Å². The molecule has 21 heavy (non-hydrogen) atoms. The fourth-order valence-corrected chi connectivity index (χ4v) is 1.91. The second-order valence-electron chi connectivity index (χ2n) is 4.42. The average molecular weight is 288 g/mol. The molecule has 0 aliphatic rings. The van der Waals surface area contributed by atoms with Gasteiger partial charge in [0.2, 0.25) is 0 Å². The van der Waals surface area contributed by atoms with Gasteiger partial charge in [-0.1, -0.05) is 12.1 Å². The summed E-state index contributed by atoms with van der Waals surface area (Å²) in [4.78, 5) is 24.6. The van der Waals surface area contributed by atoms with Crippen LogP contribution >= 0.6 is 0 Å². The number of carbonyl (C=O) groups excluding carboxylic acids is 1. The van der Waals surface area contributed by atoms with Gasteiger partial charge in [-0.05, 0) is 30.3 Å². The first kappa shape index (κ1) is 14.5. The SMILES string of the molecule is CN(C(=O)c1ccc(N)c(F)c1)c1ccccc1C(=O)O. The zero-order valence-corrected chi connectivity index (χ0v) is 11.2. The third-order valence-corrected chi connectivity index (χ3v) is 3.05. The number of carboxylic acid groups (broad SMARTS) is 1. The molecular formula is C15H13FN2O3. The first-order valence-electron chi connectivity index (χ1n) is 6.07. The number of nitrogens with two attached hydrogens (primary N) is 1. The Morgan fingerprint density at radius 3 is 2.48 bits per heavy atom. The van der Waals surface area contributed by atoms with E-state index in [0.717, 1.165) is 11.0 Å². The van der Waals surface area contributed by atoms with Crippen molar-refractivity contribution in [1.29, 1.82) is 0 Å². The van der Waals surface area contributed by atoms with Crippen molar-refractivity contribution >= 4 is 23.3 Å². The molecule has 0 bridgehead atoms. The molecule has 5 nitrogen and oxygen atoms in total. The van der Waals surface area contributed by atoms with Gasteiger partial charge in [-0.25, -0.2) is 9.18 Å². The Kier molecular flexibility index (Phi) is 3.89. The highest BCUT2D eigenvalue weighted by Gasteiger charge is 2.19. The van der Waals surface area contributed by atoms with Gasteiger partial charge in [-0.3, -0.25) is 4.79 Å². The number of carbonyl (C=O) groups is 2. The molecule has 0 aliphatic carbocycles. The number of hydrogen-bond donors (Lipinski definition) is 2. The molecule has 0 aliphatic heterocycles. The summed E-state index contributed by atoms with van der Waals surface area (Å²) in [6.45, 7) is 0. The second-order valence-corrected chi connectivity index (χ2v) is 4.42. The number of halogens is 1. The van der Waals surface area contributed by atoms with Gasteiger partial charge in [-0.15, -0.1) is 0 Å². The molecule has 0 spiro atoms. The molecular weight excluding hydrogens is 275 g/mol. The van der Waals surface area contributed by atoms with Crippen LogP contribution in [0.25, 0.3) is 0 Å². The molecule has 6 heteroatoms. The number of amides is 1. The summed E-state index contributed by atoms with van der Waals surface area (Å²) in [5, 5.41) is 9.13. The van der Waals surface area contributed by atoms with E-state index in [1.807, 2.05) is 0 Å². The van der Waals surface area contributed by atoms with Crippen molar-refractivity contribution < 1.29 is 19.1 Å². The summed E-state index contributed by atoms with van der Waals surface area (Å²) in [6.07, 6.45) is 0. The minimum Gasteiger partial charge on any atom is -0.478 e. The van der Waals surface area contributed by atoms with E-state index >= 15 is 0 Å². The topological polar surface area (TPSA) is 83.6 Å². The lowest BCUT2D eigenvalue weighted by Crippen LogP contribution is -2.28. The maximum absolute atomic E-state index is 13.4. The smallest absolute Gasteiger partial charge is 0.337 e. The maximum atomic E-state index is 13.4. The van der Waals surface area contributed by atoms with Gasteiger partial charge >= 0.3 is 5.97 Å². The number of nitrogens with zero attached hydrogens (tertiary/aromatic N) is 1. The maximum Gasteiger partial charge on any atom is 0.337 e. The summed E-state index contributed by atoms with van der Waals surface area (Å²) in [5.41, 5.74) is 5.61. The number of nitrogen functional groups attached to an aromatic ring is 1. The molecule has 0 atom stereocenters. The van der Waals surface area contributed by atoms with Crippen molar-refractivity contribution in [2.24, 2.45) is 0 Å².